The SMILES string of the molecule is COc1ccc([N+](=O)[O-])c(NCCNC2CC2)n1. The number of nitrogens with zero attached hydrogens (tertiary/aromatic N) is 2. The van der Waals surface area contributed by atoms with Crippen LogP contribution in [0.3, 0.4) is 0 Å². The van der Waals surface area contributed by atoms with Crippen LogP contribution in [0.15, 0.2) is 12.1 Å². The second kappa shape index (κ2) is 5.63. The minimum Gasteiger partial charge on any atom is -0.481 e. The number of anilines is 1. The zero-order valence-corrected chi connectivity index (χ0v) is 10.2. The highest BCUT2D eigenvalue weighted by Crippen LogP contribution is 2.24. The Labute approximate surface area is 105 Å². The van der Waals surface area contributed by atoms with Gasteiger partial charge in [-0.15, -0.1) is 0 Å². The molecule has 1 aromatic rings. The second-order valence-corrected chi connectivity index (χ2v) is 4.13. The molecule has 2 N–H and O–H groups in total. The first-order valence-electron chi connectivity index (χ1n) is 5.87. The van der Waals surface area contributed by atoms with E-state index < -0.39 is 4.92 Å². The standard InChI is InChI=1S/C11H16N4O3/c1-18-10-5-4-9(15(16)17)11(14-10)13-7-6-12-8-2-3-8/h4-5,8,12H,2-3,6-7H2,1H3,(H,13,14). The number of aromatic nitrogens is 1. The van der Waals surface area contributed by atoms with Gasteiger partial charge in [0.05, 0.1) is 12.0 Å². The van der Waals surface area contributed by atoms with Gasteiger partial charge in [0.2, 0.25) is 11.7 Å². The van der Waals surface area contributed by atoms with Crippen molar-refractivity contribution in [1.82, 2.24) is 10.3 Å². The molecule has 98 valence electrons. The van der Waals surface area contributed by atoms with Crippen molar-refractivity contribution >= 4 is 11.5 Å². The van der Waals surface area contributed by atoms with Gasteiger partial charge in [-0.3, -0.25) is 10.1 Å². The summed E-state index contributed by atoms with van der Waals surface area (Å²) in [5, 5.41) is 17.1. The molecule has 0 amide bonds. The fourth-order valence-electron chi connectivity index (χ4n) is 1.57. The number of ether oxygens (including phenoxy) is 1. The van der Waals surface area contributed by atoms with E-state index in [9.17, 15) is 10.1 Å². The molecule has 18 heavy (non-hydrogen) atoms. The maximum atomic E-state index is 10.8. The van der Waals surface area contributed by atoms with Crippen molar-refractivity contribution in [2.45, 2.75) is 18.9 Å². The summed E-state index contributed by atoms with van der Waals surface area (Å²) >= 11 is 0. The largest absolute Gasteiger partial charge is 0.481 e. The zero-order chi connectivity index (χ0) is 13.0. The molecule has 0 atom stereocenters. The van der Waals surface area contributed by atoms with Gasteiger partial charge in [-0.25, -0.2) is 0 Å². The average Bonchev–Trinajstić information content (AvgIpc) is 3.18. The first kappa shape index (κ1) is 12.6. The Balaban J connectivity index is 1.95. The average molecular weight is 252 g/mol. The van der Waals surface area contributed by atoms with Crippen LogP contribution < -0.4 is 15.4 Å². The van der Waals surface area contributed by atoms with Crippen molar-refractivity contribution in [1.29, 1.82) is 0 Å². The zero-order valence-electron chi connectivity index (χ0n) is 10.2. The summed E-state index contributed by atoms with van der Waals surface area (Å²) in [5.74, 6) is 0.607. The maximum absolute atomic E-state index is 10.8. The number of rotatable bonds is 7. The number of nitro groups is 1. The van der Waals surface area contributed by atoms with Crippen molar-refractivity contribution in [3.63, 3.8) is 0 Å². The molecule has 0 unspecified atom stereocenters. The van der Waals surface area contributed by atoms with Gasteiger partial charge in [-0.1, -0.05) is 0 Å². The Bertz CT molecular complexity index is 434. The third-order valence-corrected chi connectivity index (χ3v) is 2.68. The molecule has 0 saturated heterocycles. The topological polar surface area (TPSA) is 89.3 Å². The lowest BCUT2D eigenvalue weighted by Gasteiger charge is -2.08. The van der Waals surface area contributed by atoms with Gasteiger partial charge in [-0.2, -0.15) is 4.98 Å². The molecule has 1 heterocycles. The molecule has 0 aliphatic heterocycles. The molecule has 0 aromatic carbocycles. The molecular formula is C11H16N4O3. The minimum absolute atomic E-state index is 0.0396. The summed E-state index contributed by atoms with van der Waals surface area (Å²) in [7, 11) is 1.48. The van der Waals surface area contributed by atoms with E-state index >= 15 is 0 Å². The third kappa shape index (κ3) is 3.30. The van der Waals surface area contributed by atoms with Gasteiger partial charge in [-0.05, 0) is 12.8 Å². The molecule has 1 aromatic heterocycles. The van der Waals surface area contributed by atoms with Crippen LogP contribution in [0, 0.1) is 10.1 Å². The molecule has 0 radical (unpaired) electrons. The van der Waals surface area contributed by atoms with Gasteiger partial charge in [0.15, 0.2) is 0 Å². The quantitative estimate of drug-likeness (QED) is 0.430. The van der Waals surface area contributed by atoms with Gasteiger partial charge < -0.3 is 15.4 Å². The van der Waals surface area contributed by atoms with Crippen molar-refractivity contribution in [3.05, 3.63) is 22.2 Å². The summed E-state index contributed by atoms with van der Waals surface area (Å²) in [5.41, 5.74) is -0.0396. The van der Waals surface area contributed by atoms with Crippen LogP contribution in [0.2, 0.25) is 0 Å². The van der Waals surface area contributed by atoms with Crippen molar-refractivity contribution in [2.24, 2.45) is 0 Å². The van der Waals surface area contributed by atoms with E-state index in [1.807, 2.05) is 0 Å². The van der Waals surface area contributed by atoms with Crippen molar-refractivity contribution in [2.75, 3.05) is 25.5 Å². The van der Waals surface area contributed by atoms with Crippen LogP contribution in [-0.4, -0.2) is 36.1 Å². The number of hydrogen-bond donors (Lipinski definition) is 2. The highest BCUT2D eigenvalue weighted by Gasteiger charge is 2.20. The summed E-state index contributed by atoms with van der Waals surface area (Å²) in [6, 6.07) is 3.49. The molecule has 0 spiro atoms. The Morgan fingerprint density at radius 2 is 2.28 bits per heavy atom. The monoisotopic (exact) mass is 252 g/mol. The van der Waals surface area contributed by atoms with Crippen LogP contribution in [0.1, 0.15) is 12.8 Å². The predicted octanol–water partition coefficient (Wildman–Crippen LogP) is 1.16. The molecule has 1 aliphatic carbocycles. The fourth-order valence-corrected chi connectivity index (χ4v) is 1.57. The smallest absolute Gasteiger partial charge is 0.311 e. The molecule has 1 saturated carbocycles. The normalized spacial score (nSPS) is 14.3. The van der Waals surface area contributed by atoms with Crippen molar-refractivity contribution in [3.8, 4) is 5.88 Å². The van der Waals surface area contributed by atoms with Crippen LogP contribution >= 0.6 is 0 Å². The summed E-state index contributed by atoms with van der Waals surface area (Å²) in [6.45, 7) is 1.36. The number of methoxy groups -OCH3 is 1. The summed E-state index contributed by atoms with van der Waals surface area (Å²) in [4.78, 5) is 14.4. The molecule has 2 rings (SSSR count). The van der Waals surface area contributed by atoms with Crippen molar-refractivity contribution < 1.29 is 9.66 Å². The minimum atomic E-state index is -0.455. The van der Waals surface area contributed by atoms with Gasteiger partial charge >= 0.3 is 5.69 Å². The van der Waals surface area contributed by atoms with Crippen LogP contribution in [0.5, 0.6) is 5.88 Å². The van der Waals surface area contributed by atoms with Gasteiger partial charge in [0.25, 0.3) is 0 Å². The third-order valence-electron chi connectivity index (χ3n) is 2.68. The summed E-state index contributed by atoms with van der Waals surface area (Å²) < 4.78 is 4.95. The highest BCUT2D eigenvalue weighted by molar-refractivity contribution is 5.57. The fraction of sp³-hybridized carbons (Fsp3) is 0.545. The maximum Gasteiger partial charge on any atom is 0.311 e. The predicted molar refractivity (Wildman–Crippen MR) is 67.0 cm³/mol. The van der Waals surface area contributed by atoms with E-state index in [0.717, 1.165) is 6.54 Å². The molecule has 1 fully saturated rings. The Hall–Kier alpha value is -1.89. The number of pyridine rings is 1. The first-order valence-corrected chi connectivity index (χ1v) is 5.87. The summed E-state index contributed by atoms with van der Waals surface area (Å²) in [6.07, 6.45) is 2.44. The van der Waals surface area contributed by atoms with Gasteiger partial charge in [0, 0.05) is 31.3 Å². The van der Waals surface area contributed by atoms with Crippen LogP contribution in [-0.2, 0) is 0 Å². The Kier molecular flexibility index (Phi) is 3.93. The lowest BCUT2D eigenvalue weighted by atomic mass is 10.4. The number of hydrogen-bond acceptors (Lipinski definition) is 6. The van der Waals surface area contributed by atoms with E-state index in [4.69, 9.17) is 4.74 Å². The van der Waals surface area contributed by atoms with E-state index in [2.05, 4.69) is 15.6 Å². The first-order chi connectivity index (χ1) is 8.70. The lowest BCUT2D eigenvalue weighted by Crippen LogP contribution is -2.24. The molecular weight excluding hydrogens is 236 g/mol. The van der Waals surface area contributed by atoms with E-state index in [-0.39, 0.29) is 11.5 Å². The molecule has 1 aliphatic rings. The van der Waals surface area contributed by atoms with E-state index in [1.54, 1.807) is 0 Å². The Morgan fingerprint density at radius 3 is 2.89 bits per heavy atom. The van der Waals surface area contributed by atoms with E-state index in [1.165, 1.54) is 32.1 Å². The second-order valence-electron chi connectivity index (χ2n) is 4.13. The molecule has 7 nitrogen and oxygen atoms in total. The van der Waals surface area contributed by atoms with Crippen LogP contribution in [0.25, 0.3) is 0 Å². The molecule has 7 heteroatoms. The lowest BCUT2D eigenvalue weighted by molar-refractivity contribution is -0.384. The highest BCUT2D eigenvalue weighted by atomic mass is 16.6. The van der Waals surface area contributed by atoms with Gasteiger partial charge in [0.1, 0.15) is 0 Å². The van der Waals surface area contributed by atoms with E-state index in [0.29, 0.717) is 18.5 Å². The Morgan fingerprint density at radius 1 is 1.50 bits per heavy atom. The van der Waals surface area contributed by atoms with Crippen LogP contribution in [0.4, 0.5) is 11.5 Å². The number of nitrogens with one attached hydrogen (secondary N) is 2. The molecule has 0 bridgehead atoms.